The zero-order valence-electron chi connectivity index (χ0n) is 21.3. The average molecular weight is 525 g/mol. The highest BCUT2D eigenvalue weighted by atomic mass is 32.2. The fourth-order valence-electron chi connectivity index (χ4n) is 4.02. The zero-order chi connectivity index (χ0) is 26.3. The Morgan fingerprint density at radius 3 is 2.58 bits per heavy atom. The molecule has 3 aromatic carbocycles. The summed E-state index contributed by atoms with van der Waals surface area (Å²) >= 11 is 1.34. The third-order valence-electron chi connectivity index (χ3n) is 5.81. The van der Waals surface area contributed by atoms with E-state index in [0.29, 0.717) is 47.1 Å². The molecule has 0 unspecified atom stereocenters. The molecule has 1 aromatic heterocycles. The van der Waals surface area contributed by atoms with Crippen LogP contribution in [0.5, 0.6) is 11.5 Å². The number of para-hydroxylation sites is 1. The van der Waals surface area contributed by atoms with Gasteiger partial charge in [0.1, 0.15) is 12.4 Å². The number of hydrogen-bond acceptors (Lipinski definition) is 6. The Morgan fingerprint density at radius 1 is 0.947 bits per heavy atom. The maximum atomic E-state index is 13.5. The van der Waals surface area contributed by atoms with Gasteiger partial charge in [-0.2, -0.15) is 0 Å². The van der Waals surface area contributed by atoms with Gasteiger partial charge >= 0.3 is 0 Å². The molecule has 192 valence electrons. The van der Waals surface area contributed by atoms with Crippen molar-refractivity contribution < 1.29 is 18.7 Å². The maximum Gasteiger partial charge on any atom is 0.267 e. The second-order valence-corrected chi connectivity index (χ2v) is 9.74. The number of aliphatic imine (C=N–C) groups is 1. The minimum absolute atomic E-state index is 0.126. The first kappa shape index (κ1) is 25.4. The molecule has 0 aliphatic carbocycles. The number of ether oxygens (including phenoxy) is 2. The number of amidine groups is 1. The zero-order valence-corrected chi connectivity index (χ0v) is 22.1. The smallest absolute Gasteiger partial charge is 0.267 e. The van der Waals surface area contributed by atoms with Gasteiger partial charge in [-0.3, -0.25) is 9.69 Å². The normalized spacial score (nSPS) is 15.4. The van der Waals surface area contributed by atoms with E-state index >= 15 is 0 Å². The van der Waals surface area contributed by atoms with Crippen molar-refractivity contribution in [2.24, 2.45) is 4.99 Å². The molecule has 1 amide bonds. The standard InChI is InChI=1S/C31H28N2O4S/c1-3-35-28-18-23(14-15-27(28)37-21-24-10-7-9-22(2)17-24)19-29-30(34)33(20-26-13-8-16-36-26)31(38-29)32-25-11-5-4-6-12-25/h4-19H,3,20-21H2,1-2H3/b29-19-,32-31?. The van der Waals surface area contributed by atoms with Gasteiger partial charge < -0.3 is 13.9 Å². The van der Waals surface area contributed by atoms with Crippen molar-refractivity contribution in [1.29, 1.82) is 0 Å². The van der Waals surface area contributed by atoms with E-state index < -0.39 is 0 Å². The van der Waals surface area contributed by atoms with E-state index in [4.69, 9.17) is 18.9 Å². The average Bonchev–Trinajstić information content (AvgIpc) is 3.53. The highest BCUT2D eigenvalue weighted by molar-refractivity contribution is 8.18. The van der Waals surface area contributed by atoms with Crippen LogP contribution in [-0.2, 0) is 17.9 Å². The third-order valence-corrected chi connectivity index (χ3v) is 6.81. The predicted molar refractivity (Wildman–Crippen MR) is 151 cm³/mol. The number of carbonyl (C=O) groups excluding carboxylic acids is 1. The van der Waals surface area contributed by atoms with Gasteiger partial charge in [-0.15, -0.1) is 0 Å². The Bertz CT molecular complexity index is 1460. The van der Waals surface area contributed by atoms with Crippen LogP contribution in [0.15, 0.2) is 106 Å². The maximum absolute atomic E-state index is 13.5. The van der Waals surface area contributed by atoms with E-state index in [0.717, 1.165) is 16.8 Å². The van der Waals surface area contributed by atoms with Crippen molar-refractivity contribution in [3.8, 4) is 11.5 Å². The van der Waals surface area contributed by atoms with Crippen molar-refractivity contribution in [2.45, 2.75) is 27.0 Å². The van der Waals surface area contributed by atoms with Gasteiger partial charge in [-0.05, 0) is 79.2 Å². The first-order valence-electron chi connectivity index (χ1n) is 12.4. The number of furan rings is 1. The minimum atomic E-state index is -0.126. The van der Waals surface area contributed by atoms with Gasteiger partial charge in [0, 0.05) is 0 Å². The van der Waals surface area contributed by atoms with Gasteiger partial charge in [0.2, 0.25) is 0 Å². The van der Waals surface area contributed by atoms with Crippen LogP contribution in [0.1, 0.15) is 29.4 Å². The molecule has 2 heterocycles. The van der Waals surface area contributed by atoms with Crippen molar-refractivity contribution in [1.82, 2.24) is 4.90 Å². The molecule has 5 rings (SSSR count). The van der Waals surface area contributed by atoms with Crippen LogP contribution < -0.4 is 9.47 Å². The van der Waals surface area contributed by atoms with Gasteiger partial charge in [0.25, 0.3) is 5.91 Å². The lowest BCUT2D eigenvalue weighted by molar-refractivity contribution is -0.122. The molecule has 1 aliphatic rings. The summed E-state index contributed by atoms with van der Waals surface area (Å²) in [7, 11) is 0. The molecule has 1 saturated heterocycles. The summed E-state index contributed by atoms with van der Waals surface area (Å²) in [4.78, 5) is 20.4. The topological polar surface area (TPSA) is 64.3 Å². The molecule has 0 spiro atoms. The van der Waals surface area contributed by atoms with Gasteiger partial charge in [-0.1, -0.05) is 54.1 Å². The molecule has 0 saturated carbocycles. The fraction of sp³-hybridized carbons (Fsp3) is 0.161. The second kappa shape index (κ2) is 11.9. The summed E-state index contributed by atoms with van der Waals surface area (Å²) in [5, 5.41) is 0.604. The monoisotopic (exact) mass is 524 g/mol. The summed E-state index contributed by atoms with van der Waals surface area (Å²) in [6.45, 7) is 5.24. The quantitative estimate of drug-likeness (QED) is 0.214. The summed E-state index contributed by atoms with van der Waals surface area (Å²) in [5.74, 6) is 1.86. The summed E-state index contributed by atoms with van der Waals surface area (Å²) in [5.41, 5.74) is 3.90. The number of nitrogens with zero attached hydrogens (tertiary/aromatic N) is 2. The first-order valence-corrected chi connectivity index (χ1v) is 13.2. The minimum Gasteiger partial charge on any atom is -0.490 e. The number of hydrogen-bond donors (Lipinski definition) is 0. The fourth-order valence-corrected chi connectivity index (χ4v) is 5.02. The van der Waals surface area contributed by atoms with E-state index in [1.807, 2.05) is 85.8 Å². The molecule has 0 N–H and O–H groups in total. The summed E-state index contributed by atoms with van der Waals surface area (Å²) in [6, 6.07) is 27.2. The number of thioether (sulfide) groups is 1. The Balaban J connectivity index is 1.40. The SMILES string of the molecule is CCOc1cc(/C=C2\SC(=Nc3ccccc3)N(Cc3ccco3)C2=O)ccc1OCc1cccc(C)c1. The van der Waals surface area contributed by atoms with Crippen LogP contribution in [0, 0.1) is 6.92 Å². The number of aryl methyl sites for hydroxylation is 1. The van der Waals surface area contributed by atoms with Crippen molar-refractivity contribution in [2.75, 3.05) is 6.61 Å². The van der Waals surface area contributed by atoms with Gasteiger partial charge in [-0.25, -0.2) is 4.99 Å². The molecule has 7 heteroatoms. The highest BCUT2D eigenvalue weighted by Gasteiger charge is 2.34. The highest BCUT2D eigenvalue weighted by Crippen LogP contribution is 2.37. The molecular formula is C31H28N2O4S. The van der Waals surface area contributed by atoms with E-state index in [-0.39, 0.29) is 5.91 Å². The van der Waals surface area contributed by atoms with Crippen LogP contribution in [0.4, 0.5) is 5.69 Å². The molecule has 1 aliphatic heterocycles. The third kappa shape index (κ3) is 6.18. The number of benzene rings is 3. The van der Waals surface area contributed by atoms with E-state index in [1.165, 1.54) is 17.3 Å². The summed E-state index contributed by atoms with van der Waals surface area (Å²) < 4.78 is 17.5. The molecule has 0 radical (unpaired) electrons. The molecule has 6 nitrogen and oxygen atoms in total. The van der Waals surface area contributed by atoms with Crippen LogP contribution in [-0.4, -0.2) is 22.6 Å². The predicted octanol–water partition coefficient (Wildman–Crippen LogP) is 7.37. The van der Waals surface area contributed by atoms with Crippen LogP contribution in [0.3, 0.4) is 0 Å². The molecule has 38 heavy (non-hydrogen) atoms. The molecule has 0 atom stereocenters. The molecular weight excluding hydrogens is 496 g/mol. The lowest BCUT2D eigenvalue weighted by Crippen LogP contribution is -2.28. The first-order chi connectivity index (χ1) is 18.6. The molecule has 0 bridgehead atoms. The van der Waals surface area contributed by atoms with Crippen LogP contribution in [0.2, 0.25) is 0 Å². The van der Waals surface area contributed by atoms with E-state index in [9.17, 15) is 4.79 Å². The van der Waals surface area contributed by atoms with Crippen molar-refractivity contribution in [3.63, 3.8) is 0 Å². The Kier molecular flexibility index (Phi) is 7.95. The Labute approximate surface area is 226 Å². The van der Waals surface area contributed by atoms with E-state index in [1.54, 1.807) is 11.2 Å². The van der Waals surface area contributed by atoms with Gasteiger partial charge in [0.15, 0.2) is 16.7 Å². The van der Waals surface area contributed by atoms with Gasteiger partial charge in [0.05, 0.1) is 30.0 Å². The lowest BCUT2D eigenvalue weighted by atomic mass is 10.1. The Hall–Kier alpha value is -4.23. The lowest BCUT2D eigenvalue weighted by Gasteiger charge is -2.14. The summed E-state index contributed by atoms with van der Waals surface area (Å²) in [6.07, 6.45) is 3.47. The largest absolute Gasteiger partial charge is 0.490 e. The number of rotatable bonds is 9. The number of carbonyl (C=O) groups is 1. The second-order valence-electron chi connectivity index (χ2n) is 8.73. The van der Waals surface area contributed by atoms with E-state index in [2.05, 4.69) is 19.1 Å². The molecule has 4 aromatic rings. The molecule has 1 fully saturated rings. The Morgan fingerprint density at radius 2 is 1.82 bits per heavy atom. The number of amides is 1. The van der Waals surface area contributed by atoms with Crippen LogP contribution in [0.25, 0.3) is 6.08 Å². The van der Waals surface area contributed by atoms with Crippen molar-refractivity contribution in [3.05, 3.63) is 119 Å². The van der Waals surface area contributed by atoms with Crippen molar-refractivity contribution >= 4 is 34.6 Å². The van der Waals surface area contributed by atoms with Crippen LogP contribution >= 0.6 is 11.8 Å².